The van der Waals surface area contributed by atoms with Gasteiger partial charge in [0.2, 0.25) is 0 Å². The molecule has 2 aromatic carbocycles. The quantitative estimate of drug-likeness (QED) is 0.572. The molecule has 30 heavy (non-hydrogen) atoms. The zero-order valence-electron chi connectivity index (χ0n) is 17.6. The highest BCUT2D eigenvalue weighted by Crippen LogP contribution is 2.44. The molecule has 5 nitrogen and oxygen atoms in total. The molecule has 2 aromatic rings. The number of carbonyl (C=O) groups excluding carboxylic acids is 1. The van der Waals surface area contributed by atoms with E-state index in [1.54, 1.807) is 0 Å². The van der Waals surface area contributed by atoms with Gasteiger partial charge in [-0.1, -0.05) is 46.3 Å². The topological polar surface area (TPSA) is 67.6 Å². The highest BCUT2D eigenvalue weighted by atomic mass is 79.9. The predicted octanol–water partition coefficient (Wildman–Crippen LogP) is 5.40. The van der Waals surface area contributed by atoms with Gasteiger partial charge in [0.1, 0.15) is 5.60 Å². The molecule has 1 atom stereocenters. The molecule has 1 saturated carbocycles. The van der Waals surface area contributed by atoms with Gasteiger partial charge in [0.15, 0.2) is 0 Å². The molecule has 2 fully saturated rings. The minimum Gasteiger partial charge on any atom is -0.441 e. The highest BCUT2D eigenvalue weighted by Gasteiger charge is 2.51. The molecule has 1 aliphatic heterocycles. The number of benzene rings is 2. The number of carbonyl (C=O) groups is 1. The molecule has 0 spiro atoms. The van der Waals surface area contributed by atoms with Gasteiger partial charge in [0.05, 0.1) is 6.04 Å². The first-order valence-electron chi connectivity index (χ1n) is 10.7. The standard InChI is InChI=1S/C24H30BrN3O2/c1-24(2)22(16-6-4-3-5-7-16)28(23(29)30-24)20-11-9-19(10-12-20)27-15-17-14-18(25)8-13-21(17)26/h3-8,13-14,19-20,22,27H,9-12,15,26H2,1-2H3. The molecule has 0 bridgehead atoms. The zero-order valence-corrected chi connectivity index (χ0v) is 19.2. The van der Waals surface area contributed by atoms with Crippen molar-refractivity contribution in [2.24, 2.45) is 0 Å². The molecule has 0 aromatic heterocycles. The van der Waals surface area contributed by atoms with E-state index in [2.05, 4.69) is 39.4 Å². The van der Waals surface area contributed by atoms with E-state index in [9.17, 15) is 4.79 Å². The summed E-state index contributed by atoms with van der Waals surface area (Å²) in [6, 6.07) is 16.8. The number of cyclic esters (lactones) is 1. The summed E-state index contributed by atoms with van der Waals surface area (Å²) in [5, 5.41) is 3.65. The summed E-state index contributed by atoms with van der Waals surface area (Å²) < 4.78 is 6.83. The van der Waals surface area contributed by atoms with E-state index in [0.29, 0.717) is 6.04 Å². The van der Waals surface area contributed by atoms with Gasteiger partial charge in [-0.05, 0) is 68.9 Å². The van der Waals surface area contributed by atoms with Crippen LogP contribution in [0.5, 0.6) is 0 Å². The maximum atomic E-state index is 12.8. The third-order valence-electron chi connectivity index (χ3n) is 6.39. The minimum atomic E-state index is -0.536. The average Bonchev–Trinajstić information content (AvgIpc) is 2.98. The molecule has 160 valence electrons. The van der Waals surface area contributed by atoms with Crippen molar-refractivity contribution in [2.75, 3.05) is 5.73 Å². The van der Waals surface area contributed by atoms with Crippen LogP contribution < -0.4 is 11.1 Å². The molecular formula is C24H30BrN3O2. The molecule has 2 aliphatic rings. The summed E-state index contributed by atoms with van der Waals surface area (Å²) in [6.07, 6.45) is 3.82. The van der Waals surface area contributed by atoms with Gasteiger partial charge in [-0.2, -0.15) is 0 Å². The largest absolute Gasteiger partial charge is 0.441 e. The highest BCUT2D eigenvalue weighted by molar-refractivity contribution is 9.10. The van der Waals surface area contributed by atoms with Crippen molar-refractivity contribution in [3.8, 4) is 0 Å². The Labute approximate surface area is 187 Å². The molecule has 1 saturated heterocycles. The van der Waals surface area contributed by atoms with Crippen LogP contribution in [0.4, 0.5) is 10.5 Å². The lowest BCUT2D eigenvalue weighted by Crippen LogP contribution is -2.45. The van der Waals surface area contributed by atoms with Crippen molar-refractivity contribution < 1.29 is 9.53 Å². The molecule has 0 radical (unpaired) electrons. The Hall–Kier alpha value is -2.05. The van der Waals surface area contributed by atoms with Crippen molar-refractivity contribution in [1.82, 2.24) is 10.2 Å². The zero-order chi connectivity index (χ0) is 21.3. The molecular weight excluding hydrogens is 442 g/mol. The molecule has 1 amide bonds. The number of anilines is 1. The summed E-state index contributed by atoms with van der Waals surface area (Å²) in [5.74, 6) is 0. The molecule has 1 unspecified atom stereocenters. The number of rotatable bonds is 5. The lowest BCUT2D eigenvalue weighted by atomic mass is 9.86. The van der Waals surface area contributed by atoms with E-state index >= 15 is 0 Å². The number of hydrogen-bond donors (Lipinski definition) is 2. The maximum Gasteiger partial charge on any atom is 0.411 e. The number of halogens is 1. The normalized spacial score (nSPS) is 25.9. The Morgan fingerprint density at radius 1 is 1.13 bits per heavy atom. The van der Waals surface area contributed by atoms with E-state index < -0.39 is 5.60 Å². The Morgan fingerprint density at radius 3 is 2.53 bits per heavy atom. The summed E-state index contributed by atoms with van der Waals surface area (Å²) >= 11 is 3.51. The van der Waals surface area contributed by atoms with E-state index in [-0.39, 0.29) is 18.2 Å². The van der Waals surface area contributed by atoms with Gasteiger partial charge in [-0.15, -0.1) is 0 Å². The number of nitrogens with one attached hydrogen (secondary N) is 1. The van der Waals surface area contributed by atoms with Gasteiger partial charge >= 0.3 is 6.09 Å². The number of nitrogens with zero attached hydrogens (tertiary/aromatic N) is 1. The van der Waals surface area contributed by atoms with Crippen LogP contribution in [0.2, 0.25) is 0 Å². The first-order chi connectivity index (χ1) is 14.3. The van der Waals surface area contributed by atoms with Crippen LogP contribution in [0.25, 0.3) is 0 Å². The second kappa shape index (κ2) is 8.60. The molecule has 6 heteroatoms. The van der Waals surface area contributed by atoms with E-state index in [1.807, 2.05) is 49.1 Å². The number of ether oxygens (including phenoxy) is 1. The molecule has 1 aliphatic carbocycles. The first-order valence-corrected chi connectivity index (χ1v) is 11.5. The van der Waals surface area contributed by atoms with Crippen molar-refractivity contribution in [3.63, 3.8) is 0 Å². The second-order valence-electron chi connectivity index (χ2n) is 8.92. The third-order valence-corrected chi connectivity index (χ3v) is 6.88. The predicted molar refractivity (Wildman–Crippen MR) is 123 cm³/mol. The summed E-state index contributed by atoms with van der Waals surface area (Å²) in [7, 11) is 0. The van der Waals surface area contributed by atoms with Crippen LogP contribution >= 0.6 is 15.9 Å². The average molecular weight is 472 g/mol. The smallest absolute Gasteiger partial charge is 0.411 e. The van der Waals surface area contributed by atoms with E-state index in [1.165, 1.54) is 0 Å². The summed E-state index contributed by atoms with van der Waals surface area (Å²) in [5.41, 5.74) is 8.63. The van der Waals surface area contributed by atoms with Crippen LogP contribution in [-0.4, -0.2) is 28.7 Å². The first kappa shape index (κ1) is 21.2. The van der Waals surface area contributed by atoms with Gasteiger partial charge in [-0.3, -0.25) is 4.90 Å². The number of hydrogen-bond acceptors (Lipinski definition) is 4. The minimum absolute atomic E-state index is 0.0535. The lowest BCUT2D eigenvalue weighted by molar-refractivity contribution is 0.0663. The second-order valence-corrected chi connectivity index (χ2v) is 9.84. The van der Waals surface area contributed by atoms with Crippen LogP contribution in [0, 0.1) is 0 Å². The monoisotopic (exact) mass is 471 g/mol. The third kappa shape index (κ3) is 4.35. The fourth-order valence-electron chi connectivity index (χ4n) is 4.87. The maximum absolute atomic E-state index is 12.8. The molecule has 3 N–H and O–H groups in total. The Morgan fingerprint density at radius 2 is 1.83 bits per heavy atom. The van der Waals surface area contributed by atoms with Gasteiger partial charge in [0.25, 0.3) is 0 Å². The van der Waals surface area contributed by atoms with Crippen LogP contribution in [-0.2, 0) is 11.3 Å². The van der Waals surface area contributed by atoms with Crippen molar-refractivity contribution >= 4 is 27.7 Å². The number of nitrogens with two attached hydrogens (primary N) is 1. The number of amides is 1. The fraction of sp³-hybridized carbons (Fsp3) is 0.458. The fourth-order valence-corrected chi connectivity index (χ4v) is 5.28. The summed E-state index contributed by atoms with van der Waals surface area (Å²) in [4.78, 5) is 14.8. The van der Waals surface area contributed by atoms with Crippen LogP contribution in [0.1, 0.15) is 56.7 Å². The van der Waals surface area contributed by atoms with Crippen molar-refractivity contribution in [1.29, 1.82) is 0 Å². The Balaban J connectivity index is 1.40. The van der Waals surface area contributed by atoms with Crippen LogP contribution in [0.3, 0.4) is 0 Å². The lowest BCUT2D eigenvalue weighted by Gasteiger charge is -2.38. The van der Waals surface area contributed by atoms with Gasteiger partial charge in [-0.25, -0.2) is 4.79 Å². The van der Waals surface area contributed by atoms with E-state index in [0.717, 1.165) is 53.5 Å². The Bertz CT molecular complexity index is 895. The van der Waals surface area contributed by atoms with E-state index in [4.69, 9.17) is 10.5 Å². The molecule has 4 rings (SSSR count). The van der Waals surface area contributed by atoms with Gasteiger partial charge in [0, 0.05) is 28.8 Å². The van der Waals surface area contributed by atoms with Crippen LogP contribution in [0.15, 0.2) is 53.0 Å². The molecule has 1 heterocycles. The van der Waals surface area contributed by atoms with Crippen molar-refractivity contribution in [3.05, 3.63) is 64.1 Å². The SMILES string of the molecule is CC1(C)OC(=O)N(C2CCC(NCc3cc(Br)ccc3N)CC2)C1c1ccccc1. The Kier molecular flexibility index (Phi) is 6.07. The van der Waals surface area contributed by atoms with Crippen molar-refractivity contribution in [2.45, 2.75) is 69.8 Å². The number of nitrogen functional groups attached to an aromatic ring is 1. The van der Waals surface area contributed by atoms with Gasteiger partial charge < -0.3 is 15.8 Å². The summed E-state index contributed by atoms with van der Waals surface area (Å²) in [6.45, 7) is 4.78.